The van der Waals surface area contributed by atoms with Crippen molar-refractivity contribution >= 4 is 70.8 Å². The molecule has 0 amide bonds. The van der Waals surface area contributed by atoms with Gasteiger partial charge in [-0.05, 0) is 104 Å². The lowest BCUT2D eigenvalue weighted by Gasteiger charge is -2.36. The van der Waals surface area contributed by atoms with Crippen LogP contribution in [0.25, 0.3) is 12.2 Å². The van der Waals surface area contributed by atoms with Crippen molar-refractivity contribution in [3.8, 4) is 0 Å². The highest BCUT2D eigenvalue weighted by Gasteiger charge is 2.28. The summed E-state index contributed by atoms with van der Waals surface area (Å²) in [6.07, 6.45) is 24.3. The van der Waals surface area contributed by atoms with Crippen molar-refractivity contribution in [1.82, 2.24) is 19.9 Å². The summed E-state index contributed by atoms with van der Waals surface area (Å²) in [6.45, 7) is 0. The van der Waals surface area contributed by atoms with Crippen molar-refractivity contribution in [2.75, 3.05) is 34.1 Å². The van der Waals surface area contributed by atoms with Crippen LogP contribution in [-0.4, -0.2) is 56.3 Å². The molecule has 292 valence electrons. The van der Waals surface area contributed by atoms with Crippen LogP contribution in [0.1, 0.15) is 85.0 Å². The summed E-state index contributed by atoms with van der Waals surface area (Å²) in [5, 5.41) is 0. The minimum absolute atomic E-state index is 0.156. The number of benzene rings is 2. The molecule has 0 saturated heterocycles. The number of hydrogen-bond donors (Lipinski definition) is 1. The molecule has 2 heterocycles. The van der Waals surface area contributed by atoms with Crippen LogP contribution in [-0.2, 0) is 24.3 Å². The summed E-state index contributed by atoms with van der Waals surface area (Å²) in [5.41, 5.74) is 7.02. The van der Waals surface area contributed by atoms with Crippen molar-refractivity contribution < 1.29 is 8.78 Å². The monoisotopic (exact) mass is 894 g/mol. The highest BCUT2D eigenvalue weighted by Crippen LogP contribution is 2.35. The second-order valence-corrected chi connectivity index (χ2v) is 17.2. The Kier molecular flexibility index (Phi) is 15.8. The fraction of sp³-hybridized carbons (Fsp3) is 0.455. The van der Waals surface area contributed by atoms with Crippen molar-refractivity contribution in [1.29, 1.82) is 0 Å². The van der Waals surface area contributed by atoms with Gasteiger partial charge in [0.25, 0.3) is 0 Å². The number of allylic oxidation sites excluding steroid dienone is 2. The molecule has 4 aliphatic rings. The van der Waals surface area contributed by atoms with Crippen LogP contribution in [0.4, 0.5) is 20.4 Å². The van der Waals surface area contributed by atoms with Crippen molar-refractivity contribution in [2.45, 2.75) is 87.8 Å². The largest absolute Gasteiger partial charge is 0.356 e. The Hall–Kier alpha value is -3.03. The van der Waals surface area contributed by atoms with Gasteiger partial charge in [0.1, 0.15) is 35.9 Å². The Morgan fingerprint density at radius 1 is 0.655 bits per heavy atom. The van der Waals surface area contributed by atoms with E-state index < -0.39 is 0 Å². The van der Waals surface area contributed by atoms with E-state index in [4.69, 9.17) is 0 Å². The molecule has 2 saturated carbocycles. The van der Waals surface area contributed by atoms with E-state index in [0.717, 1.165) is 53.3 Å². The minimum Gasteiger partial charge on any atom is -0.356 e. The molecule has 2 aromatic carbocycles. The molecule has 0 aliphatic heterocycles. The van der Waals surface area contributed by atoms with Crippen LogP contribution >= 0.6 is 47.0 Å². The minimum atomic E-state index is -0.194. The van der Waals surface area contributed by atoms with Gasteiger partial charge in [-0.15, -0.1) is 0 Å². The number of rotatable bonds is 10. The number of thiol groups is 1. The predicted molar refractivity (Wildman–Crippen MR) is 238 cm³/mol. The maximum atomic E-state index is 13.0. The first kappa shape index (κ1) is 41.6. The number of aromatic nitrogens is 4. The number of halogens is 3. The third kappa shape index (κ3) is 11.5. The summed E-state index contributed by atoms with van der Waals surface area (Å²) in [5.74, 6) is 6.41. The second-order valence-electron chi connectivity index (χ2n) is 15.0. The molecule has 0 atom stereocenters. The van der Waals surface area contributed by atoms with E-state index in [1.165, 1.54) is 96.1 Å². The van der Waals surface area contributed by atoms with Gasteiger partial charge in [0.05, 0.1) is 11.4 Å². The molecule has 0 unspecified atom stereocenters. The van der Waals surface area contributed by atoms with E-state index in [0.29, 0.717) is 17.8 Å². The van der Waals surface area contributed by atoms with Crippen molar-refractivity contribution in [3.05, 3.63) is 119 Å². The van der Waals surface area contributed by atoms with Gasteiger partial charge in [-0.2, -0.15) is 24.4 Å². The molecule has 0 radical (unpaired) electrons. The predicted octanol–water partition coefficient (Wildman–Crippen LogP) is 10.8. The highest BCUT2D eigenvalue weighted by molar-refractivity contribution is 14.1. The van der Waals surface area contributed by atoms with E-state index >= 15 is 0 Å². The zero-order chi connectivity index (χ0) is 38.6. The maximum absolute atomic E-state index is 13.0. The summed E-state index contributed by atoms with van der Waals surface area (Å²) < 4.78 is 26.5. The van der Waals surface area contributed by atoms with Crippen LogP contribution in [0, 0.1) is 23.5 Å². The smallest absolute Gasteiger partial charge is 0.139 e. The quantitative estimate of drug-likeness (QED) is 0.0967. The lowest BCUT2D eigenvalue weighted by Crippen LogP contribution is -2.36. The van der Waals surface area contributed by atoms with E-state index in [9.17, 15) is 8.78 Å². The molecule has 55 heavy (non-hydrogen) atoms. The lowest BCUT2D eigenvalue weighted by atomic mass is 9.86. The van der Waals surface area contributed by atoms with E-state index in [2.05, 4.69) is 103 Å². The fourth-order valence-corrected chi connectivity index (χ4v) is 10.2. The van der Waals surface area contributed by atoms with Crippen molar-refractivity contribution in [2.24, 2.45) is 11.8 Å². The van der Waals surface area contributed by atoms with Gasteiger partial charge >= 0.3 is 0 Å². The number of alkyl halides is 1. The third-order valence-corrected chi connectivity index (χ3v) is 14.2. The van der Waals surface area contributed by atoms with Gasteiger partial charge in [-0.1, -0.05) is 71.2 Å². The average molecular weight is 895 g/mol. The summed E-state index contributed by atoms with van der Waals surface area (Å²) in [7, 11) is 4.38. The zero-order valence-electron chi connectivity index (χ0n) is 32.0. The summed E-state index contributed by atoms with van der Waals surface area (Å²) >= 11 is 8.52. The van der Waals surface area contributed by atoms with Gasteiger partial charge in [-0.3, -0.25) is 0 Å². The molecule has 11 heteroatoms. The Morgan fingerprint density at radius 3 is 1.56 bits per heavy atom. The normalized spacial score (nSPS) is 20.8. The number of thioether (sulfide) groups is 1. The topological polar surface area (TPSA) is 58.0 Å². The van der Waals surface area contributed by atoms with E-state index in [1.807, 2.05) is 23.9 Å². The standard InChI is InChI=1S/C22H26FN3S.C15H20IN3.C7H7FS/c1-26(22-20-3-2-4-21(20)24-15-25-22)19-11-7-17(8-12-19)14-27-13-16-5-9-18(23)10-6-16;1-19(12-7-5-11(9-16)6-8-12)15-13-3-2-4-14(13)17-10-18-15;8-7-3-1-6(5-9)2-4-7/h2-3,5-6,9-10,15,17,19H,4,7-8,11-14H2,1H3;2-3,10-12H,4-9H2,1H3;1-4,9H,5H2. The molecule has 0 N–H and O–H groups in total. The summed E-state index contributed by atoms with van der Waals surface area (Å²) in [6, 6.07) is 14.4. The van der Waals surface area contributed by atoms with E-state index in [-0.39, 0.29) is 11.6 Å². The second kappa shape index (κ2) is 20.9. The van der Waals surface area contributed by atoms with Crippen LogP contribution in [0.5, 0.6) is 0 Å². The highest BCUT2D eigenvalue weighted by atomic mass is 127. The maximum Gasteiger partial charge on any atom is 0.139 e. The molecule has 4 aliphatic carbocycles. The van der Waals surface area contributed by atoms with Gasteiger partial charge in [0.2, 0.25) is 0 Å². The Bertz CT molecular complexity index is 1860. The van der Waals surface area contributed by atoms with Gasteiger partial charge < -0.3 is 9.80 Å². The Labute approximate surface area is 349 Å². The fourth-order valence-electron chi connectivity index (χ4n) is 7.89. The number of fused-ring (bicyclic) bond motifs is 2. The molecule has 6 nitrogen and oxygen atoms in total. The Balaban J connectivity index is 0.000000159. The molecule has 8 rings (SSSR count). The SMILES string of the molecule is CN(c1ncnc2c1C=CC2)C1CCC(CI)CC1.CN(c1ncnc2c1C=CC2)C1CCC(CSCc2ccc(F)cc2)CC1.Fc1ccc(CS)cc1. The van der Waals surface area contributed by atoms with Gasteiger partial charge in [0.15, 0.2) is 0 Å². The van der Waals surface area contributed by atoms with Crippen LogP contribution in [0.2, 0.25) is 0 Å². The molecule has 2 aromatic heterocycles. The first-order valence-electron chi connectivity index (χ1n) is 19.5. The van der Waals surface area contributed by atoms with Crippen LogP contribution in [0.3, 0.4) is 0 Å². The first-order chi connectivity index (χ1) is 26.8. The van der Waals surface area contributed by atoms with Crippen LogP contribution < -0.4 is 9.80 Å². The van der Waals surface area contributed by atoms with E-state index in [1.54, 1.807) is 36.9 Å². The van der Waals surface area contributed by atoms with Crippen LogP contribution in [0.15, 0.2) is 73.3 Å². The number of nitrogens with zero attached hydrogens (tertiary/aromatic N) is 6. The zero-order valence-corrected chi connectivity index (χ0v) is 35.8. The number of hydrogen-bond acceptors (Lipinski definition) is 8. The molecule has 0 spiro atoms. The summed E-state index contributed by atoms with van der Waals surface area (Å²) in [4.78, 5) is 22.6. The average Bonchev–Trinajstić information content (AvgIpc) is 3.93. The molecular weight excluding hydrogens is 842 g/mol. The Morgan fingerprint density at radius 2 is 1.11 bits per heavy atom. The van der Waals surface area contributed by atoms with Crippen molar-refractivity contribution in [3.63, 3.8) is 0 Å². The lowest BCUT2D eigenvalue weighted by molar-refractivity contribution is 0.344. The molecule has 2 fully saturated rings. The molecule has 0 bridgehead atoms. The first-order valence-corrected chi connectivity index (χ1v) is 22.8. The van der Waals surface area contributed by atoms with Gasteiger partial charge in [-0.25, -0.2) is 28.7 Å². The third-order valence-electron chi connectivity index (χ3n) is 11.3. The number of anilines is 2. The molecule has 4 aromatic rings. The molecular formula is C44H53F2IN6S2. The van der Waals surface area contributed by atoms with Gasteiger partial charge in [0, 0.05) is 66.1 Å².